The van der Waals surface area contributed by atoms with E-state index in [-0.39, 0.29) is 24.1 Å². The Kier molecular flexibility index (Phi) is 7.27. The maximum absolute atomic E-state index is 12.1. The van der Waals surface area contributed by atoms with Crippen molar-refractivity contribution in [2.75, 3.05) is 20.8 Å². The lowest BCUT2D eigenvalue weighted by molar-refractivity contribution is -0.0931. The van der Waals surface area contributed by atoms with Crippen molar-refractivity contribution < 1.29 is 24.1 Å². The van der Waals surface area contributed by atoms with Crippen LogP contribution in [0.25, 0.3) is 11.2 Å². The lowest BCUT2D eigenvalue weighted by Crippen LogP contribution is -2.38. The molecule has 0 radical (unpaired) electrons. The van der Waals surface area contributed by atoms with Crippen LogP contribution < -0.4 is 15.0 Å². The summed E-state index contributed by atoms with van der Waals surface area (Å²) in [6.45, 7) is 0.0747. The summed E-state index contributed by atoms with van der Waals surface area (Å²) in [4.78, 5) is 23.1. The molecule has 0 aliphatic carbocycles. The van der Waals surface area contributed by atoms with Crippen molar-refractivity contribution in [2.24, 2.45) is 0 Å². The lowest BCUT2D eigenvalue weighted by atomic mass is 9.80. The Morgan fingerprint density at radius 2 is 1.54 bits per heavy atom. The minimum absolute atomic E-state index is 0.0747. The van der Waals surface area contributed by atoms with Crippen LogP contribution in [0.2, 0.25) is 0 Å². The molecule has 1 fully saturated rings. The molecule has 3 aromatic carbocycles. The van der Waals surface area contributed by atoms with Gasteiger partial charge in [-0.1, -0.05) is 54.6 Å². The van der Waals surface area contributed by atoms with Crippen LogP contribution in [0.15, 0.2) is 96.3 Å². The van der Waals surface area contributed by atoms with Crippen molar-refractivity contribution in [1.82, 2.24) is 19.5 Å². The average Bonchev–Trinajstić information content (AvgIpc) is 3.62. The number of imidazole rings is 1. The number of ether oxygens (including phenoxy) is 4. The number of nitrogens with zero attached hydrogens (tertiary/aromatic N) is 3. The minimum Gasteiger partial charge on any atom is -0.497 e. The van der Waals surface area contributed by atoms with Gasteiger partial charge in [-0.15, -0.1) is 0 Å². The first-order valence-electron chi connectivity index (χ1n) is 13.3. The van der Waals surface area contributed by atoms with Crippen molar-refractivity contribution in [3.63, 3.8) is 0 Å². The SMILES string of the molecule is COc1ccc(C(OC[C@@H]2O[C@@H](n3cnc4c(=O)[nH]cnc43)C[C@@H]2O)(c2ccccc2)c2ccc(OC)cc2)cc1. The summed E-state index contributed by atoms with van der Waals surface area (Å²) >= 11 is 0. The van der Waals surface area contributed by atoms with E-state index in [9.17, 15) is 9.90 Å². The Bertz CT molecular complexity index is 1620. The molecule has 5 aromatic rings. The first kappa shape index (κ1) is 26.7. The van der Waals surface area contributed by atoms with Gasteiger partial charge in [-0.2, -0.15) is 0 Å². The van der Waals surface area contributed by atoms with E-state index >= 15 is 0 Å². The van der Waals surface area contributed by atoms with Gasteiger partial charge in [0.15, 0.2) is 11.2 Å². The molecule has 10 heteroatoms. The second-order valence-corrected chi connectivity index (χ2v) is 9.80. The molecule has 0 amide bonds. The molecule has 1 aliphatic heterocycles. The second kappa shape index (κ2) is 11.2. The van der Waals surface area contributed by atoms with Crippen molar-refractivity contribution in [2.45, 2.75) is 30.5 Å². The predicted molar refractivity (Wildman–Crippen MR) is 151 cm³/mol. The maximum Gasteiger partial charge on any atom is 0.278 e. The standard InChI is InChI=1S/C31H30N4O6/c1-38-23-12-8-21(9-13-23)31(20-6-4-3-5-7-20,22-10-14-24(39-2)15-11-22)40-17-26-25(36)16-27(41-26)35-19-34-28-29(35)32-18-33-30(28)37/h3-15,18-19,25-27,36H,16-17H2,1-2H3,(H,32,33,37)/t25-,26-,27+/m0/s1. The summed E-state index contributed by atoms with van der Waals surface area (Å²) in [6.07, 6.45) is 1.09. The first-order chi connectivity index (χ1) is 20.0. The van der Waals surface area contributed by atoms with E-state index in [0.717, 1.165) is 28.2 Å². The molecule has 0 spiro atoms. The largest absolute Gasteiger partial charge is 0.497 e. The molecule has 6 rings (SSSR count). The quantitative estimate of drug-likeness (QED) is 0.264. The number of hydrogen-bond donors (Lipinski definition) is 2. The fraction of sp³-hybridized carbons (Fsp3) is 0.258. The van der Waals surface area contributed by atoms with Crippen LogP contribution in [0.3, 0.4) is 0 Å². The van der Waals surface area contributed by atoms with Crippen LogP contribution in [0.4, 0.5) is 0 Å². The molecule has 3 atom stereocenters. The zero-order valence-electron chi connectivity index (χ0n) is 22.6. The number of rotatable bonds is 9. The molecular weight excluding hydrogens is 524 g/mol. The zero-order valence-corrected chi connectivity index (χ0v) is 22.6. The van der Waals surface area contributed by atoms with E-state index < -0.39 is 24.0 Å². The fourth-order valence-corrected chi connectivity index (χ4v) is 5.39. The number of benzene rings is 3. The van der Waals surface area contributed by atoms with Crippen molar-refractivity contribution >= 4 is 11.2 Å². The topological polar surface area (TPSA) is 121 Å². The Labute approximate surface area is 236 Å². The number of aromatic amines is 1. The molecule has 1 saturated heterocycles. The zero-order chi connectivity index (χ0) is 28.4. The fourth-order valence-electron chi connectivity index (χ4n) is 5.39. The third kappa shape index (κ3) is 4.86. The summed E-state index contributed by atoms with van der Waals surface area (Å²) < 4.78 is 25.7. The number of fused-ring (bicyclic) bond motifs is 1. The number of H-pyrrole nitrogens is 1. The first-order valence-corrected chi connectivity index (χ1v) is 13.3. The molecule has 0 saturated carbocycles. The molecule has 3 heterocycles. The van der Waals surface area contributed by atoms with Crippen molar-refractivity contribution in [3.05, 3.63) is 119 Å². The van der Waals surface area contributed by atoms with E-state index in [1.54, 1.807) is 18.8 Å². The average molecular weight is 555 g/mol. The van der Waals surface area contributed by atoms with Gasteiger partial charge in [-0.05, 0) is 41.0 Å². The van der Waals surface area contributed by atoms with Gasteiger partial charge in [0, 0.05) is 6.42 Å². The van der Waals surface area contributed by atoms with E-state index in [4.69, 9.17) is 18.9 Å². The van der Waals surface area contributed by atoms with Gasteiger partial charge in [0.2, 0.25) is 0 Å². The van der Waals surface area contributed by atoms with Crippen LogP contribution in [-0.4, -0.2) is 57.7 Å². The Balaban J connectivity index is 1.37. The minimum atomic E-state index is -1.04. The molecule has 0 bridgehead atoms. The smallest absolute Gasteiger partial charge is 0.278 e. The molecule has 210 valence electrons. The number of aromatic nitrogens is 4. The van der Waals surface area contributed by atoms with E-state index in [2.05, 4.69) is 15.0 Å². The van der Waals surface area contributed by atoms with Gasteiger partial charge in [-0.3, -0.25) is 9.36 Å². The molecule has 41 heavy (non-hydrogen) atoms. The van der Waals surface area contributed by atoms with Crippen LogP contribution in [-0.2, 0) is 15.1 Å². The third-order valence-corrected chi connectivity index (χ3v) is 7.52. The Morgan fingerprint density at radius 1 is 0.927 bits per heavy atom. The van der Waals surface area contributed by atoms with E-state index in [1.165, 1.54) is 12.7 Å². The summed E-state index contributed by atoms with van der Waals surface area (Å²) in [6, 6.07) is 25.4. The summed E-state index contributed by atoms with van der Waals surface area (Å²) in [5.74, 6) is 1.45. The summed E-state index contributed by atoms with van der Waals surface area (Å²) in [7, 11) is 3.26. The van der Waals surface area contributed by atoms with Gasteiger partial charge >= 0.3 is 0 Å². The number of hydrogen-bond acceptors (Lipinski definition) is 8. The molecule has 2 aromatic heterocycles. The van der Waals surface area contributed by atoms with Gasteiger partial charge in [0.1, 0.15) is 29.4 Å². The van der Waals surface area contributed by atoms with Gasteiger partial charge in [0.05, 0.1) is 39.6 Å². The molecule has 1 aliphatic rings. The van der Waals surface area contributed by atoms with Crippen LogP contribution in [0, 0.1) is 0 Å². The van der Waals surface area contributed by atoms with E-state index in [1.807, 2.05) is 78.9 Å². The molecular formula is C31H30N4O6. The second-order valence-electron chi connectivity index (χ2n) is 9.80. The van der Waals surface area contributed by atoms with Crippen molar-refractivity contribution in [1.29, 1.82) is 0 Å². The number of nitrogens with one attached hydrogen (secondary N) is 1. The van der Waals surface area contributed by atoms with Gasteiger partial charge in [0.25, 0.3) is 5.56 Å². The number of aliphatic hydroxyl groups is 1. The molecule has 2 N–H and O–H groups in total. The number of methoxy groups -OCH3 is 2. The van der Waals surface area contributed by atoms with Gasteiger partial charge in [-0.25, -0.2) is 9.97 Å². The highest BCUT2D eigenvalue weighted by Crippen LogP contribution is 2.42. The highest BCUT2D eigenvalue weighted by Gasteiger charge is 2.42. The molecule has 0 unspecified atom stereocenters. The van der Waals surface area contributed by atoms with Gasteiger partial charge < -0.3 is 29.0 Å². The van der Waals surface area contributed by atoms with Crippen molar-refractivity contribution in [3.8, 4) is 11.5 Å². The highest BCUT2D eigenvalue weighted by atomic mass is 16.6. The Morgan fingerprint density at radius 3 is 2.15 bits per heavy atom. The summed E-state index contributed by atoms with van der Waals surface area (Å²) in [5, 5.41) is 11.1. The Hall–Kier alpha value is -4.51. The van der Waals surface area contributed by atoms with Crippen LogP contribution >= 0.6 is 0 Å². The van der Waals surface area contributed by atoms with Crippen LogP contribution in [0.5, 0.6) is 11.5 Å². The van der Waals surface area contributed by atoms with E-state index in [0.29, 0.717) is 5.65 Å². The normalized spacial score (nSPS) is 19.0. The third-order valence-electron chi connectivity index (χ3n) is 7.52. The summed E-state index contributed by atoms with van der Waals surface area (Å²) in [5.41, 5.74) is 1.89. The molecule has 10 nitrogen and oxygen atoms in total. The number of aliphatic hydroxyl groups excluding tert-OH is 1. The lowest BCUT2D eigenvalue weighted by Gasteiger charge is -2.37. The maximum atomic E-state index is 12.1. The predicted octanol–water partition coefficient (Wildman–Crippen LogP) is 3.79. The monoisotopic (exact) mass is 554 g/mol. The highest BCUT2D eigenvalue weighted by molar-refractivity contribution is 5.68. The van der Waals surface area contributed by atoms with Crippen LogP contribution in [0.1, 0.15) is 29.3 Å².